The van der Waals surface area contributed by atoms with E-state index in [9.17, 15) is 9.18 Å². The van der Waals surface area contributed by atoms with Crippen LogP contribution in [0.25, 0.3) is 0 Å². The Kier molecular flexibility index (Phi) is 4.86. The zero-order valence-electron chi connectivity index (χ0n) is 12.9. The minimum Gasteiger partial charge on any atom is -0.358 e. The first kappa shape index (κ1) is 15.5. The zero-order valence-corrected chi connectivity index (χ0v) is 12.9. The van der Waals surface area contributed by atoms with E-state index < -0.39 is 5.95 Å². The fraction of sp³-hybridized carbons (Fsp3) is 0.333. The van der Waals surface area contributed by atoms with Crippen molar-refractivity contribution in [3.8, 4) is 0 Å². The molecule has 1 unspecified atom stereocenters. The highest BCUT2D eigenvalue weighted by atomic mass is 19.1. The molecule has 3 rings (SSSR count). The van der Waals surface area contributed by atoms with Gasteiger partial charge in [-0.2, -0.15) is 4.39 Å². The molecule has 0 saturated carbocycles. The van der Waals surface area contributed by atoms with Crippen molar-refractivity contribution in [2.45, 2.75) is 25.3 Å². The first-order valence-electron chi connectivity index (χ1n) is 7.94. The molecule has 120 valence electrons. The average Bonchev–Trinajstić information content (AvgIpc) is 2.89. The lowest BCUT2D eigenvalue weighted by atomic mass is 10.1. The normalized spacial score (nSPS) is 17.5. The fourth-order valence-corrected chi connectivity index (χ4v) is 2.88. The maximum absolute atomic E-state index is 13.1. The number of hydrogen-bond acceptors (Lipinski definition) is 3. The van der Waals surface area contributed by atoms with E-state index >= 15 is 0 Å². The second kappa shape index (κ2) is 7.22. The number of nitrogens with zero attached hydrogens (tertiary/aromatic N) is 2. The summed E-state index contributed by atoms with van der Waals surface area (Å²) < 4.78 is 13.1. The Bertz CT molecular complexity index is 662. The number of amides is 1. The second-order valence-electron chi connectivity index (χ2n) is 5.75. The molecule has 1 aromatic heterocycles. The Hall–Kier alpha value is -2.43. The Morgan fingerprint density at radius 2 is 2.00 bits per heavy atom. The van der Waals surface area contributed by atoms with Crippen LogP contribution in [0.5, 0.6) is 0 Å². The molecular formula is C18H20FN3O. The third kappa shape index (κ3) is 4.06. The van der Waals surface area contributed by atoms with Crippen LogP contribution in [-0.4, -0.2) is 34.9 Å². The molecule has 1 N–H and O–H groups in total. The smallest absolute Gasteiger partial charge is 0.245 e. The molecule has 2 heterocycles. The third-order valence-corrected chi connectivity index (χ3v) is 4.07. The van der Waals surface area contributed by atoms with Crippen LogP contribution in [0, 0.1) is 5.95 Å². The van der Waals surface area contributed by atoms with Crippen LogP contribution in [0.15, 0.2) is 48.5 Å². The van der Waals surface area contributed by atoms with Gasteiger partial charge in [-0.15, -0.1) is 0 Å². The standard InChI is InChI=1S/C18H20FN3O/c19-16-9-4-10-17(21-16)20-15-11-13-22(18(15)23)12-5-8-14-6-2-1-3-7-14/h1-4,6-7,9-10,15H,5,8,11-13H2,(H,20,21). The van der Waals surface area contributed by atoms with Crippen molar-refractivity contribution < 1.29 is 9.18 Å². The quantitative estimate of drug-likeness (QED) is 0.834. The zero-order chi connectivity index (χ0) is 16.1. The maximum Gasteiger partial charge on any atom is 0.245 e. The molecule has 5 heteroatoms. The molecule has 1 amide bonds. The number of rotatable bonds is 6. The number of pyridine rings is 1. The van der Waals surface area contributed by atoms with E-state index in [1.807, 2.05) is 23.1 Å². The molecule has 1 saturated heterocycles. The van der Waals surface area contributed by atoms with E-state index in [4.69, 9.17) is 0 Å². The highest BCUT2D eigenvalue weighted by molar-refractivity contribution is 5.86. The average molecular weight is 313 g/mol. The summed E-state index contributed by atoms with van der Waals surface area (Å²) in [6, 6.07) is 14.5. The van der Waals surface area contributed by atoms with Gasteiger partial charge in [0, 0.05) is 13.1 Å². The summed E-state index contributed by atoms with van der Waals surface area (Å²) >= 11 is 0. The van der Waals surface area contributed by atoms with Gasteiger partial charge in [-0.3, -0.25) is 4.79 Å². The van der Waals surface area contributed by atoms with Crippen molar-refractivity contribution in [3.05, 3.63) is 60.0 Å². The number of nitrogens with one attached hydrogen (secondary N) is 1. The number of carbonyl (C=O) groups excluding carboxylic acids is 1. The van der Waals surface area contributed by atoms with Crippen molar-refractivity contribution in [2.75, 3.05) is 18.4 Å². The molecular weight excluding hydrogens is 293 g/mol. The lowest BCUT2D eigenvalue weighted by Gasteiger charge is -2.17. The van der Waals surface area contributed by atoms with Crippen LogP contribution in [0.3, 0.4) is 0 Å². The van der Waals surface area contributed by atoms with Crippen LogP contribution in [0.1, 0.15) is 18.4 Å². The summed E-state index contributed by atoms with van der Waals surface area (Å²) in [5.74, 6) is -0.0567. The molecule has 1 aliphatic rings. The summed E-state index contributed by atoms with van der Waals surface area (Å²) in [6.45, 7) is 1.49. The largest absolute Gasteiger partial charge is 0.358 e. The first-order chi connectivity index (χ1) is 11.2. The summed E-state index contributed by atoms with van der Waals surface area (Å²) in [7, 11) is 0. The Balaban J connectivity index is 1.48. The summed E-state index contributed by atoms with van der Waals surface area (Å²) in [6.07, 6.45) is 2.64. The summed E-state index contributed by atoms with van der Waals surface area (Å²) in [5, 5.41) is 3.03. The maximum atomic E-state index is 13.1. The van der Waals surface area contributed by atoms with Gasteiger partial charge in [0.2, 0.25) is 11.9 Å². The van der Waals surface area contributed by atoms with Gasteiger partial charge in [0.25, 0.3) is 0 Å². The predicted molar refractivity (Wildman–Crippen MR) is 87.6 cm³/mol. The highest BCUT2D eigenvalue weighted by Gasteiger charge is 2.31. The Labute approximate surface area is 135 Å². The molecule has 1 atom stereocenters. The van der Waals surface area contributed by atoms with E-state index in [0.29, 0.717) is 5.82 Å². The van der Waals surface area contributed by atoms with Gasteiger partial charge in [0.1, 0.15) is 11.9 Å². The number of carbonyl (C=O) groups is 1. The van der Waals surface area contributed by atoms with Crippen LogP contribution in [0.2, 0.25) is 0 Å². The van der Waals surface area contributed by atoms with Gasteiger partial charge in [-0.1, -0.05) is 36.4 Å². The molecule has 0 bridgehead atoms. The number of benzene rings is 1. The monoisotopic (exact) mass is 313 g/mol. The molecule has 0 spiro atoms. The van der Waals surface area contributed by atoms with Crippen LogP contribution < -0.4 is 5.32 Å². The molecule has 23 heavy (non-hydrogen) atoms. The first-order valence-corrected chi connectivity index (χ1v) is 7.94. The number of aromatic nitrogens is 1. The minimum absolute atomic E-state index is 0.0733. The predicted octanol–water partition coefficient (Wildman–Crippen LogP) is 2.87. The number of halogens is 1. The van der Waals surface area contributed by atoms with Gasteiger partial charge in [0.15, 0.2) is 0 Å². The van der Waals surface area contributed by atoms with Crippen LogP contribution >= 0.6 is 0 Å². The SMILES string of the molecule is O=C1C(Nc2cccc(F)n2)CCN1CCCc1ccccc1. The Morgan fingerprint density at radius 1 is 1.17 bits per heavy atom. The van der Waals surface area contributed by atoms with E-state index in [1.54, 1.807) is 12.1 Å². The molecule has 1 aromatic carbocycles. The van der Waals surface area contributed by atoms with Crippen LogP contribution in [-0.2, 0) is 11.2 Å². The van der Waals surface area contributed by atoms with Gasteiger partial charge in [-0.25, -0.2) is 4.98 Å². The molecule has 0 aliphatic carbocycles. The number of hydrogen-bond donors (Lipinski definition) is 1. The van der Waals surface area contributed by atoms with Crippen LogP contribution in [0.4, 0.5) is 10.2 Å². The van der Waals surface area contributed by atoms with Gasteiger partial charge >= 0.3 is 0 Å². The molecule has 2 aromatic rings. The topological polar surface area (TPSA) is 45.2 Å². The molecule has 0 radical (unpaired) electrons. The van der Waals surface area contributed by atoms with Crippen molar-refractivity contribution in [1.82, 2.24) is 9.88 Å². The Morgan fingerprint density at radius 3 is 2.78 bits per heavy atom. The lowest BCUT2D eigenvalue weighted by molar-refractivity contribution is -0.128. The van der Waals surface area contributed by atoms with E-state index in [-0.39, 0.29) is 11.9 Å². The number of aryl methyl sites for hydroxylation is 1. The highest BCUT2D eigenvalue weighted by Crippen LogP contribution is 2.17. The molecule has 1 fully saturated rings. The fourth-order valence-electron chi connectivity index (χ4n) is 2.88. The van der Waals surface area contributed by atoms with Crippen molar-refractivity contribution in [3.63, 3.8) is 0 Å². The molecule has 4 nitrogen and oxygen atoms in total. The van der Waals surface area contributed by atoms with Gasteiger partial charge in [0.05, 0.1) is 0 Å². The van der Waals surface area contributed by atoms with E-state index in [1.165, 1.54) is 11.6 Å². The number of anilines is 1. The van der Waals surface area contributed by atoms with Crippen molar-refractivity contribution in [2.24, 2.45) is 0 Å². The van der Waals surface area contributed by atoms with Crippen molar-refractivity contribution in [1.29, 1.82) is 0 Å². The third-order valence-electron chi connectivity index (χ3n) is 4.07. The van der Waals surface area contributed by atoms with E-state index in [2.05, 4.69) is 22.4 Å². The number of likely N-dealkylation sites (tertiary alicyclic amines) is 1. The van der Waals surface area contributed by atoms with Gasteiger partial charge in [-0.05, 0) is 37.0 Å². The van der Waals surface area contributed by atoms with E-state index in [0.717, 1.165) is 32.4 Å². The minimum atomic E-state index is -0.542. The molecule has 1 aliphatic heterocycles. The summed E-state index contributed by atoms with van der Waals surface area (Å²) in [4.78, 5) is 18.0. The lowest BCUT2D eigenvalue weighted by Crippen LogP contribution is -2.34. The van der Waals surface area contributed by atoms with Gasteiger partial charge < -0.3 is 10.2 Å². The van der Waals surface area contributed by atoms with Crippen molar-refractivity contribution >= 4 is 11.7 Å². The second-order valence-corrected chi connectivity index (χ2v) is 5.75. The summed E-state index contributed by atoms with van der Waals surface area (Å²) in [5.41, 5.74) is 1.29.